The maximum absolute atomic E-state index is 13.4. The summed E-state index contributed by atoms with van der Waals surface area (Å²) in [5, 5.41) is 3.19. The van der Waals surface area contributed by atoms with Gasteiger partial charge in [-0.2, -0.15) is 0 Å². The van der Waals surface area contributed by atoms with E-state index in [1.807, 2.05) is 12.1 Å². The molecule has 0 aliphatic carbocycles. The number of hydrogen-bond acceptors (Lipinski definition) is 4. The first-order valence-corrected chi connectivity index (χ1v) is 8.64. The number of anilines is 1. The molecule has 0 spiro atoms. The fourth-order valence-electron chi connectivity index (χ4n) is 1.99. The van der Waals surface area contributed by atoms with Crippen LogP contribution in [0.25, 0.3) is 0 Å². The molecule has 0 radical (unpaired) electrons. The molecule has 0 fully saturated rings. The van der Waals surface area contributed by atoms with E-state index in [0.29, 0.717) is 17.2 Å². The second-order valence-corrected chi connectivity index (χ2v) is 7.31. The molecule has 118 valence electrons. The number of rotatable bonds is 5. The number of ether oxygens (including phenoxy) is 1. The SMILES string of the molecule is CN=S(C)(=O)c1cccc(NCc2cc(F)cc(OC)c2)c1. The summed E-state index contributed by atoms with van der Waals surface area (Å²) in [5.74, 6) is 0.137. The summed E-state index contributed by atoms with van der Waals surface area (Å²) in [5.41, 5.74) is 1.57. The highest BCUT2D eigenvalue weighted by Crippen LogP contribution is 2.20. The number of halogens is 1. The monoisotopic (exact) mass is 322 g/mol. The van der Waals surface area contributed by atoms with Crippen LogP contribution in [0.2, 0.25) is 0 Å². The Hall–Kier alpha value is -2.08. The van der Waals surface area contributed by atoms with Gasteiger partial charge >= 0.3 is 0 Å². The van der Waals surface area contributed by atoms with Crippen molar-refractivity contribution in [2.24, 2.45) is 4.36 Å². The molecule has 0 bridgehead atoms. The molecule has 0 amide bonds. The van der Waals surface area contributed by atoms with Crippen LogP contribution in [0, 0.1) is 5.82 Å². The van der Waals surface area contributed by atoms with Gasteiger partial charge in [0, 0.05) is 36.5 Å². The van der Waals surface area contributed by atoms with E-state index in [-0.39, 0.29) is 5.82 Å². The lowest BCUT2D eigenvalue weighted by Crippen LogP contribution is -2.02. The van der Waals surface area contributed by atoms with E-state index in [1.165, 1.54) is 19.2 Å². The molecule has 0 aliphatic heterocycles. The third-order valence-corrected chi connectivity index (χ3v) is 5.11. The second kappa shape index (κ2) is 6.79. The molecule has 22 heavy (non-hydrogen) atoms. The number of hydrogen-bond donors (Lipinski definition) is 1. The van der Waals surface area contributed by atoms with Crippen LogP contribution in [-0.4, -0.2) is 24.6 Å². The van der Waals surface area contributed by atoms with Crippen molar-refractivity contribution in [3.8, 4) is 5.75 Å². The van der Waals surface area contributed by atoms with Gasteiger partial charge in [0.25, 0.3) is 0 Å². The third kappa shape index (κ3) is 3.98. The van der Waals surface area contributed by atoms with Crippen molar-refractivity contribution in [2.75, 3.05) is 25.7 Å². The van der Waals surface area contributed by atoms with Crippen LogP contribution in [0.3, 0.4) is 0 Å². The maximum atomic E-state index is 13.4. The lowest BCUT2D eigenvalue weighted by atomic mass is 10.2. The van der Waals surface area contributed by atoms with E-state index in [1.54, 1.807) is 31.5 Å². The number of nitrogens with one attached hydrogen (secondary N) is 1. The minimum atomic E-state index is -2.37. The summed E-state index contributed by atoms with van der Waals surface area (Å²) in [6.45, 7) is 0.436. The Morgan fingerprint density at radius 3 is 2.73 bits per heavy atom. The van der Waals surface area contributed by atoms with Crippen LogP contribution in [0.15, 0.2) is 51.7 Å². The quantitative estimate of drug-likeness (QED) is 0.916. The number of nitrogens with zero attached hydrogens (tertiary/aromatic N) is 1. The minimum Gasteiger partial charge on any atom is -0.497 e. The highest BCUT2D eigenvalue weighted by Gasteiger charge is 2.06. The molecule has 1 N–H and O–H groups in total. The van der Waals surface area contributed by atoms with Crippen LogP contribution in [-0.2, 0) is 16.3 Å². The highest BCUT2D eigenvalue weighted by molar-refractivity contribution is 7.93. The van der Waals surface area contributed by atoms with Crippen LogP contribution in [0.5, 0.6) is 5.75 Å². The van der Waals surface area contributed by atoms with Gasteiger partial charge in [-0.25, -0.2) is 13.0 Å². The van der Waals surface area contributed by atoms with Gasteiger partial charge in [-0.05, 0) is 35.9 Å². The molecular formula is C16H19FN2O2S. The van der Waals surface area contributed by atoms with Gasteiger partial charge in [-0.15, -0.1) is 0 Å². The third-order valence-electron chi connectivity index (χ3n) is 3.28. The molecule has 2 rings (SSSR count). The zero-order valence-electron chi connectivity index (χ0n) is 12.8. The van der Waals surface area contributed by atoms with Crippen LogP contribution < -0.4 is 10.1 Å². The van der Waals surface area contributed by atoms with E-state index in [9.17, 15) is 8.60 Å². The summed E-state index contributed by atoms with van der Waals surface area (Å²) in [7, 11) is 0.679. The maximum Gasteiger partial charge on any atom is 0.127 e. The van der Waals surface area contributed by atoms with Gasteiger partial charge in [0.15, 0.2) is 0 Å². The topological polar surface area (TPSA) is 50.7 Å². The van der Waals surface area contributed by atoms with Crippen LogP contribution in [0.4, 0.5) is 10.1 Å². The van der Waals surface area contributed by atoms with Gasteiger partial charge < -0.3 is 10.1 Å². The first-order chi connectivity index (χ1) is 10.4. The van der Waals surface area contributed by atoms with Gasteiger partial charge in [0.05, 0.1) is 16.8 Å². The molecule has 2 aromatic rings. The van der Waals surface area contributed by atoms with Gasteiger partial charge in [-0.1, -0.05) is 6.07 Å². The van der Waals surface area contributed by atoms with Crippen molar-refractivity contribution >= 4 is 15.4 Å². The van der Waals surface area contributed by atoms with Crippen LogP contribution >= 0.6 is 0 Å². The summed E-state index contributed by atoms with van der Waals surface area (Å²) >= 11 is 0. The summed E-state index contributed by atoms with van der Waals surface area (Å²) in [6.07, 6.45) is 1.60. The summed E-state index contributed by atoms with van der Waals surface area (Å²) in [6, 6.07) is 11.8. The number of methoxy groups -OCH3 is 1. The lowest BCUT2D eigenvalue weighted by Gasteiger charge is -2.10. The van der Waals surface area contributed by atoms with E-state index in [4.69, 9.17) is 4.74 Å². The van der Waals surface area contributed by atoms with E-state index in [0.717, 1.165) is 11.3 Å². The number of benzene rings is 2. The first-order valence-electron chi connectivity index (χ1n) is 6.72. The van der Waals surface area contributed by atoms with Crippen molar-refractivity contribution in [2.45, 2.75) is 11.4 Å². The Labute approximate surface area is 130 Å². The molecule has 0 aliphatic rings. The fourth-order valence-corrected chi connectivity index (χ4v) is 2.88. The Morgan fingerprint density at radius 2 is 2.05 bits per heavy atom. The molecule has 6 heteroatoms. The molecule has 0 saturated carbocycles. The molecule has 0 saturated heterocycles. The lowest BCUT2D eigenvalue weighted by molar-refractivity contribution is 0.410. The predicted molar refractivity (Wildman–Crippen MR) is 87.4 cm³/mol. The zero-order valence-corrected chi connectivity index (χ0v) is 13.6. The van der Waals surface area contributed by atoms with Crippen molar-refractivity contribution in [1.82, 2.24) is 0 Å². The van der Waals surface area contributed by atoms with Gasteiger partial charge in [0.2, 0.25) is 0 Å². The highest BCUT2D eigenvalue weighted by atomic mass is 32.2. The molecule has 2 aromatic carbocycles. The molecule has 4 nitrogen and oxygen atoms in total. The van der Waals surface area contributed by atoms with E-state index >= 15 is 0 Å². The van der Waals surface area contributed by atoms with E-state index < -0.39 is 9.73 Å². The average molecular weight is 322 g/mol. The molecule has 0 heterocycles. The first kappa shape index (κ1) is 16.3. The largest absolute Gasteiger partial charge is 0.497 e. The van der Waals surface area contributed by atoms with E-state index in [2.05, 4.69) is 9.68 Å². The van der Waals surface area contributed by atoms with Gasteiger partial charge in [0.1, 0.15) is 11.6 Å². The normalized spacial score (nSPS) is 13.3. The molecule has 1 atom stereocenters. The Kier molecular flexibility index (Phi) is 5.03. The average Bonchev–Trinajstić information content (AvgIpc) is 2.52. The molecular weight excluding hydrogens is 303 g/mol. The summed E-state index contributed by atoms with van der Waals surface area (Å²) < 4.78 is 34.7. The fraction of sp³-hybridized carbons (Fsp3) is 0.250. The van der Waals surface area contributed by atoms with Crippen LogP contribution in [0.1, 0.15) is 5.56 Å². The van der Waals surface area contributed by atoms with Crippen molar-refractivity contribution in [3.63, 3.8) is 0 Å². The van der Waals surface area contributed by atoms with Crippen molar-refractivity contribution in [1.29, 1.82) is 0 Å². The van der Waals surface area contributed by atoms with Gasteiger partial charge in [-0.3, -0.25) is 0 Å². The second-order valence-electron chi connectivity index (χ2n) is 4.87. The standard InChI is InChI=1S/C16H19FN2O2S/c1-18-22(3,20)16-6-4-5-14(10-16)19-11-12-7-13(17)9-15(8-12)21-2/h4-10,19H,11H2,1-3H3. The van der Waals surface area contributed by atoms with Crippen molar-refractivity contribution in [3.05, 3.63) is 53.8 Å². The molecule has 0 aromatic heterocycles. The molecule has 1 unspecified atom stereocenters. The zero-order chi connectivity index (χ0) is 16.2. The summed E-state index contributed by atoms with van der Waals surface area (Å²) in [4.78, 5) is 0.664. The Balaban J connectivity index is 2.17. The Morgan fingerprint density at radius 1 is 1.27 bits per heavy atom. The predicted octanol–water partition coefficient (Wildman–Crippen LogP) is 3.53. The van der Waals surface area contributed by atoms with Crippen molar-refractivity contribution < 1.29 is 13.3 Å². The minimum absolute atomic E-state index is 0.341. The Bertz CT molecular complexity index is 783. The smallest absolute Gasteiger partial charge is 0.127 e.